The van der Waals surface area contributed by atoms with Crippen LogP contribution in [0.3, 0.4) is 0 Å². The Hall–Kier alpha value is 3.34. The summed E-state index contributed by atoms with van der Waals surface area (Å²) in [6.45, 7) is 0. The molecule has 64 valence electrons. The minimum atomic E-state index is 0. The Bertz CT molecular complexity index is 17.7. The smallest absolute Gasteiger partial charge is 2.00 e. The predicted molar refractivity (Wildman–Crippen MR) is 34.3 cm³/mol. The van der Waals surface area contributed by atoms with Crippen molar-refractivity contribution in [1.82, 2.24) is 0 Å². The molecule has 0 aliphatic heterocycles. The van der Waals surface area contributed by atoms with Gasteiger partial charge in [0.05, 0.1) is 0 Å². The molecule has 0 aromatic carbocycles. The normalized spacial score (nSPS) is 0. The summed E-state index contributed by atoms with van der Waals surface area (Å²) in [5, 5.41) is 0. The van der Waals surface area contributed by atoms with E-state index in [-0.39, 0.29) is 160 Å². The molecule has 0 aromatic rings. The summed E-state index contributed by atoms with van der Waals surface area (Å²) in [5.41, 5.74) is 0. The Balaban J connectivity index is 0. The Morgan fingerprint density at radius 3 is 0.214 bits per heavy atom. The minimum Gasteiger partial charge on any atom is -2.00 e. The van der Waals surface area contributed by atoms with E-state index < -0.39 is 0 Å². The zero-order valence-corrected chi connectivity index (χ0v) is 14.9. The molecule has 0 N–H and O–H groups in total. The van der Waals surface area contributed by atoms with E-state index in [1.165, 1.54) is 0 Å². The van der Waals surface area contributed by atoms with Crippen molar-refractivity contribution < 1.29 is 73.4 Å². The van der Waals surface area contributed by atoms with Gasteiger partial charge in [-0.1, -0.05) is 0 Å². The van der Waals surface area contributed by atoms with Crippen molar-refractivity contribution in [3.05, 3.63) is 0 Å². The molecule has 0 radical (unpaired) electrons. The fourth-order valence-electron chi connectivity index (χ4n) is 0. The van der Waals surface area contributed by atoms with Crippen LogP contribution >= 0.6 is 0 Å². The van der Waals surface area contributed by atoms with Crippen molar-refractivity contribution in [2.24, 2.45) is 0 Å². The standard InChI is InChI=1S/5Al.Na.8O/q5*+3;+1;8*-2. The number of hydrogen-bond donors (Lipinski definition) is 0. The maximum absolute atomic E-state index is 0. The maximum Gasteiger partial charge on any atom is 3.00 e. The van der Waals surface area contributed by atoms with E-state index in [1.54, 1.807) is 0 Å². The third kappa shape index (κ3) is 283. The Morgan fingerprint density at radius 1 is 0.214 bits per heavy atom. The summed E-state index contributed by atoms with van der Waals surface area (Å²) >= 11 is 0. The van der Waals surface area contributed by atoms with Gasteiger partial charge in [-0.25, -0.2) is 0 Å². The van der Waals surface area contributed by atoms with Crippen LogP contribution in [0.2, 0.25) is 0 Å². The van der Waals surface area contributed by atoms with Gasteiger partial charge in [-0.05, 0) is 0 Å². The van der Waals surface area contributed by atoms with Crippen LogP contribution in [-0.4, -0.2) is 86.8 Å². The fourth-order valence-corrected chi connectivity index (χ4v) is 0. The van der Waals surface area contributed by atoms with Crippen LogP contribution < -0.4 is 29.6 Å². The van der Waals surface area contributed by atoms with Crippen LogP contribution in [0.25, 0.3) is 0 Å². The van der Waals surface area contributed by atoms with Crippen LogP contribution in [-0.2, 0) is 43.8 Å². The van der Waals surface area contributed by atoms with Crippen molar-refractivity contribution in [3.8, 4) is 0 Å². The minimum absolute atomic E-state index is 0. The summed E-state index contributed by atoms with van der Waals surface area (Å²) in [5.74, 6) is 0. The van der Waals surface area contributed by atoms with Gasteiger partial charge in [0.25, 0.3) is 0 Å². The van der Waals surface area contributed by atoms with Gasteiger partial charge in [0.15, 0.2) is 0 Å². The van der Waals surface area contributed by atoms with Crippen molar-refractivity contribution in [2.45, 2.75) is 0 Å². The molecular weight excluding hydrogens is 286 g/mol. The van der Waals surface area contributed by atoms with E-state index in [1.807, 2.05) is 0 Å². The fraction of sp³-hybridized carbons (Fsp3) is 0. The monoisotopic (exact) mass is 286 g/mol. The molecular formula is Al5NaO8. The third-order valence-corrected chi connectivity index (χ3v) is 0. The van der Waals surface area contributed by atoms with E-state index in [2.05, 4.69) is 0 Å². The first-order valence-electron chi connectivity index (χ1n) is 0. The molecule has 0 rings (SSSR count). The predicted octanol–water partition coefficient (Wildman–Crippen LogP) is -5.85. The number of rotatable bonds is 0. The van der Waals surface area contributed by atoms with Gasteiger partial charge < -0.3 is 43.8 Å². The van der Waals surface area contributed by atoms with Gasteiger partial charge in [0.2, 0.25) is 0 Å². The molecule has 0 aliphatic rings. The molecule has 0 fully saturated rings. The Labute approximate surface area is 158 Å². The van der Waals surface area contributed by atoms with Crippen molar-refractivity contribution in [2.75, 3.05) is 0 Å². The molecule has 14 heteroatoms. The van der Waals surface area contributed by atoms with Crippen LogP contribution in [0.5, 0.6) is 0 Å². The van der Waals surface area contributed by atoms with Gasteiger partial charge in [-0.15, -0.1) is 0 Å². The molecule has 14 heavy (non-hydrogen) atoms. The van der Waals surface area contributed by atoms with Gasteiger partial charge in [-0.3, -0.25) is 0 Å². The summed E-state index contributed by atoms with van der Waals surface area (Å²) < 4.78 is 0. The Kier molecular flexibility index (Phi) is 10200. The summed E-state index contributed by atoms with van der Waals surface area (Å²) in [6, 6.07) is 0. The van der Waals surface area contributed by atoms with E-state index in [9.17, 15) is 0 Å². The SMILES string of the molecule is [Al+3].[Al+3].[Al+3].[Al+3].[Al+3].[Na+].[O-2].[O-2].[O-2].[O-2].[O-2].[O-2].[O-2].[O-2]. The zero-order chi connectivity index (χ0) is 0. The average molecular weight is 286 g/mol. The second-order valence-corrected chi connectivity index (χ2v) is 0. The van der Waals surface area contributed by atoms with Crippen LogP contribution in [0.4, 0.5) is 0 Å². The van der Waals surface area contributed by atoms with Gasteiger partial charge >= 0.3 is 116 Å². The molecule has 0 unspecified atom stereocenters. The molecule has 0 amide bonds. The van der Waals surface area contributed by atoms with Crippen molar-refractivity contribution in [1.29, 1.82) is 0 Å². The average Bonchev–Trinajstić information content (AvgIpc) is 0. The molecule has 0 atom stereocenters. The number of hydrogen-bond acceptors (Lipinski definition) is 0. The van der Waals surface area contributed by atoms with E-state index in [0.29, 0.717) is 0 Å². The van der Waals surface area contributed by atoms with E-state index >= 15 is 0 Å². The third-order valence-electron chi connectivity index (χ3n) is 0. The molecule has 0 saturated heterocycles. The summed E-state index contributed by atoms with van der Waals surface area (Å²) in [4.78, 5) is 0. The second kappa shape index (κ2) is 344. The largest absolute Gasteiger partial charge is 3.00 e. The Morgan fingerprint density at radius 2 is 0.214 bits per heavy atom. The van der Waals surface area contributed by atoms with Crippen LogP contribution in [0.1, 0.15) is 0 Å². The van der Waals surface area contributed by atoms with Crippen LogP contribution in [0, 0.1) is 0 Å². The topological polar surface area (TPSA) is 228 Å². The quantitative estimate of drug-likeness (QED) is 0.378. The van der Waals surface area contributed by atoms with Crippen molar-refractivity contribution >= 4 is 86.8 Å². The molecule has 0 bridgehead atoms. The molecule has 0 heterocycles. The van der Waals surface area contributed by atoms with E-state index in [0.717, 1.165) is 0 Å². The van der Waals surface area contributed by atoms with Gasteiger partial charge in [-0.2, -0.15) is 0 Å². The van der Waals surface area contributed by atoms with Crippen LogP contribution in [0.15, 0.2) is 0 Å². The molecule has 0 aromatic heterocycles. The van der Waals surface area contributed by atoms with Crippen molar-refractivity contribution in [3.63, 3.8) is 0 Å². The summed E-state index contributed by atoms with van der Waals surface area (Å²) in [6.07, 6.45) is 0. The molecule has 0 spiro atoms. The first kappa shape index (κ1) is 415. The second-order valence-electron chi connectivity index (χ2n) is 0. The maximum atomic E-state index is 0. The first-order valence-corrected chi connectivity index (χ1v) is 0. The molecule has 0 saturated carbocycles. The zero-order valence-electron chi connectivity index (χ0n) is 7.15. The van der Waals surface area contributed by atoms with Gasteiger partial charge in [0.1, 0.15) is 0 Å². The van der Waals surface area contributed by atoms with E-state index in [4.69, 9.17) is 0 Å². The first-order chi connectivity index (χ1) is 0. The molecule has 0 aliphatic carbocycles. The van der Waals surface area contributed by atoms with Gasteiger partial charge in [0, 0.05) is 0 Å². The molecule has 8 nitrogen and oxygen atoms in total. The summed E-state index contributed by atoms with van der Waals surface area (Å²) in [7, 11) is 0.